The van der Waals surface area contributed by atoms with Crippen molar-refractivity contribution in [3.63, 3.8) is 0 Å². The van der Waals surface area contributed by atoms with E-state index in [2.05, 4.69) is 29.5 Å². The average Bonchev–Trinajstić information content (AvgIpc) is 2.66. The second-order valence-corrected chi connectivity index (χ2v) is 5.49. The molecule has 1 spiro atoms. The summed E-state index contributed by atoms with van der Waals surface area (Å²) in [6.07, 6.45) is 1.50. The first-order valence-electron chi connectivity index (χ1n) is 6.82. The Bertz CT molecular complexity index is 370. The Morgan fingerprint density at radius 3 is 3.05 bits per heavy atom. The van der Waals surface area contributed by atoms with E-state index in [9.17, 15) is 4.79 Å². The molecule has 0 saturated carbocycles. The van der Waals surface area contributed by atoms with Gasteiger partial charge in [0.1, 0.15) is 5.54 Å². The SMILES string of the molecule is COCCN=C1NC(=O)C2(CCOC(C(C)C)C2)N1. The highest BCUT2D eigenvalue weighted by Gasteiger charge is 2.49. The Hall–Kier alpha value is -1.14. The van der Waals surface area contributed by atoms with Gasteiger partial charge in [-0.05, 0) is 5.92 Å². The van der Waals surface area contributed by atoms with E-state index in [0.717, 1.165) is 0 Å². The van der Waals surface area contributed by atoms with Crippen LogP contribution in [-0.4, -0.2) is 50.4 Å². The van der Waals surface area contributed by atoms with Gasteiger partial charge in [-0.1, -0.05) is 13.8 Å². The number of hydrogen-bond acceptors (Lipinski definition) is 4. The lowest BCUT2D eigenvalue weighted by molar-refractivity contribution is -0.131. The number of rotatable bonds is 4. The molecule has 108 valence electrons. The van der Waals surface area contributed by atoms with Gasteiger partial charge in [0, 0.05) is 26.6 Å². The monoisotopic (exact) mass is 269 g/mol. The molecule has 19 heavy (non-hydrogen) atoms. The van der Waals surface area contributed by atoms with Crippen molar-refractivity contribution in [2.45, 2.75) is 38.3 Å². The molecule has 2 aliphatic rings. The maximum atomic E-state index is 12.2. The summed E-state index contributed by atoms with van der Waals surface area (Å²) in [5, 5.41) is 6.08. The first-order valence-corrected chi connectivity index (χ1v) is 6.82. The zero-order chi connectivity index (χ0) is 13.9. The number of carbonyl (C=O) groups is 1. The molecule has 6 heteroatoms. The normalized spacial score (nSPS) is 32.9. The van der Waals surface area contributed by atoms with Crippen LogP contribution in [0.25, 0.3) is 0 Å². The Morgan fingerprint density at radius 1 is 1.58 bits per heavy atom. The van der Waals surface area contributed by atoms with Gasteiger partial charge >= 0.3 is 0 Å². The predicted molar refractivity (Wildman–Crippen MR) is 72.0 cm³/mol. The second-order valence-electron chi connectivity index (χ2n) is 5.49. The van der Waals surface area contributed by atoms with E-state index >= 15 is 0 Å². The third kappa shape index (κ3) is 3.06. The molecule has 2 atom stereocenters. The van der Waals surface area contributed by atoms with Crippen molar-refractivity contribution in [1.82, 2.24) is 10.6 Å². The lowest BCUT2D eigenvalue weighted by atomic mass is 9.83. The number of aliphatic imine (C=N–C) groups is 1. The Balaban J connectivity index is 2.03. The van der Waals surface area contributed by atoms with E-state index in [1.54, 1.807) is 7.11 Å². The van der Waals surface area contributed by atoms with Crippen LogP contribution in [0, 0.1) is 5.92 Å². The minimum atomic E-state index is -0.543. The van der Waals surface area contributed by atoms with Gasteiger partial charge in [0.15, 0.2) is 5.96 Å². The molecule has 0 bridgehead atoms. The van der Waals surface area contributed by atoms with E-state index in [1.807, 2.05) is 0 Å². The number of ether oxygens (including phenoxy) is 2. The summed E-state index contributed by atoms with van der Waals surface area (Å²) in [5.74, 6) is 0.977. The molecule has 0 aromatic carbocycles. The van der Waals surface area contributed by atoms with Crippen LogP contribution in [0.4, 0.5) is 0 Å². The molecule has 0 aromatic rings. The lowest BCUT2D eigenvalue weighted by Gasteiger charge is -2.37. The number of nitrogens with zero attached hydrogens (tertiary/aromatic N) is 1. The third-order valence-corrected chi connectivity index (χ3v) is 3.74. The van der Waals surface area contributed by atoms with Crippen LogP contribution in [0.1, 0.15) is 26.7 Å². The average molecular weight is 269 g/mol. The summed E-state index contributed by atoms with van der Waals surface area (Å²) < 4.78 is 10.7. The fourth-order valence-corrected chi connectivity index (χ4v) is 2.51. The van der Waals surface area contributed by atoms with Crippen LogP contribution < -0.4 is 10.6 Å². The van der Waals surface area contributed by atoms with Crippen LogP contribution in [0.15, 0.2) is 4.99 Å². The number of guanidine groups is 1. The minimum Gasteiger partial charge on any atom is -0.383 e. The Labute approximate surface area is 113 Å². The zero-order valence-electron chi connectivity index (χ0n) is 11.9. The largest absolute Gasteiger partial charge is 0.383 e. The van der Waals surface area contributed by atoms with Crippen molar-refractivity contribution in [2.75, 3.05) is 26.9 Å². The Morgan fingerprint density at radius 2 is 2.37 bits per heavy atom. The molecule has 2 unspecified atom stereocenters. The topological polar surface area (TPSA) is 72.0 Å². The summed E-state index contributed by atoms with van der Waals surface area (Å²) in [4.78, 5) is 16.5. The van der Waals surface area contributed by atoms with E-state index in [0.29, 0.717) is 44.5 Å². The summed E-state index contributed by atoms with van der Waals surface area (Å²) in [6, 6.07) is 0. The summed E-state index contributed by atoms with van der Waals surface area (Å²) in [7, 11) is 1.63. The third-order valence-electron chi connectivity index (χ3n) is 3.74. The molecule has 2 fully saturated rings. The highest BCUT2D eigenvalue weighted by atomic mass is 16.5. The van der Waals surface area contributed by atoms with Gasteiger partial charge in [0.05, 0.1) is 19.3 Å². The summed E-state index contributed by atoms with van der Waals surface area (Å²) >= 11 is 0. The van der Waals surface area contributed by atoms with Gasteiger partial charge in [0.2, 0.25) is 0 Å². The van der Waals surface area contributed by atoms with Crippen molar-refractivity contribution in [3.8, 4) is 0 Å². The fourth-order valence-electron chi connectivity index (χ4n) is 2.51. The first kappa shape index (κ1) is 14.3. The molecule has 1 amide bonds. The van der Waals surface area contributed by atoms with Crippen molar-refractivity contribution in [3.05, 3.63) is 0 Å². The molecule has 2 rings (SSSR count). The van der Waals surface area contributed by atoms with Gasteiger partial charge in [-0.25, -0.2) is 0 Å². The van der Waals surface area contributed by atoms with Gasteiger partial charge in [0.25, 0.3) is 5.91 Å². The molecular formula is C13H23N3O3. The van der Waals surface area contributed by atoms with Crippen molar-refractivity contribution < 1.29 is 14.3 Å². The summed E-state index contributed by atoms with van der Waals surface area (Å²) in [6.45, 7) is 5.92. The molecule has 2 heterocycles. The molecule has 2 aliphatic heterocycles. The number of methoxy groups -OCH3 is 1. The summed E-state index contributed by atoms with van der Waals surface area (Å²) in [5.41, 5.74) is -0.543. The molecule has 0 aromatic heterocycles. The highest BCUT2D eigenvalue weighted by molar-refractivity contribution is 6.09. The number of amides is 1. The second kappa shape index (κ2) is 5.88. The van der Waals surface area contributed by atoms with Crippen LogP contribution in [0.3, 0.4) is 0 Å². The first-order chi connectivity index (χ1) is 9.07. The van der Waals surface area contributed by atoms with Gasteiger partial charge in [-0.2, -0.15) is 0 Å². The van der Waals surface area contributed by atoms with Crippen LogP contribution in [0.2, 0.25) is 0 Å². The van der Waals surface area contributed by atoms with Crippen molar-refractivity contribution >= 4 is 11.9 Å². The smallest absolute Gasteiger partial charge is 0.252 e. The zero-order valence-corrected chi connectivity index (χ0v) is 11.9. The fraction of sp³-hybridized carbons (Fsp3) is 0.846. The van der Waals surface area contributed by atoms with Crippen LogP contribution in [-0.2, 0) is 14.3 Å². The highest BCUT2D eigenvalue weighted by Crippen LogP contribution is 2.30. The molecule has 2 saturated heterocycles. The standard InChI is InChI=1S/C13H23N3O3/c1-9(2)10-8-13(4-6-19-10)11(17)15-12(16-13)14-5-7-18-3/h9-10H,4-8H2,1-3H3,(H2,14,15,16,17). The van der Waals surface area contributed by atoms with Gasteiger partial charge in [-0.15, -0.1) is 0 Å². The van der Waals surface area contributed by atoms with E-state index in [-0.39, 0.29) is 12.0 Å². The van der Waals surface area contributed by atoms with Gasteiger partial charge in [-0.3, -0.25) is 15.1 Å². The van der Waals surface area contributed by atoms with Crippen LogP contribution in [0.5, 0.6) is 0 Å². The number of nitrogens with one attached hydrogen (secondary N) is 2. The minimum absolute atomic E-state index is 0.0117. The lowest BCUT2D eigenvalue weighted by Crippen LogP contribution is -2.54. The maximum absolute atomic E-state index is 12.2. The molecule has 2 N–H and O–H groups in total. The number of carbonyl (C=O) groups excluding carboxylic acids is 1. The van der Waals surface area contributed by atoms with Crippen molar-refractivity contribution in [1.29, 1.82) is 0 Å². The van der Waals surface area contributed by atoms with E-state index < -0.39 is 5.54 Å². The molecular weight excluding hydrogens is 246 g/mol. The Kier molecular flexibility index (Phi) is 4.42. The quantitative estimate of drug-likeness (QED) is 0.719. The van der Waals surface area contributed by atoms with Gasteiger partial charge < -0.3 is 14.8 Å². The maximum Gasteiger partial charge on any atom is 0.252 e. The van der Waals surface area contributed by atoms with Crippen LogP contribution >= 0.6 is 0 Å². The van der Waals surface area contributed by atoms with E-state index in [4.69, 9.17) is 9.47 Å². The molecule has 0 aliphatic carbocycles. The van der Waals surface area contributed by atoms with Crippen molar-refractivity contribution in [2.24, 2.45) is 10.9 Å². The molecule has 0 radical (unpaired) electrons. The molecule has 6 nitrogen and oxygen atoms in total. The van der Waals surface area contributed by atoms with E-state index in [1.165, 1.54) is 0 Å². The number of hydrogen-bond donors (Lipinski definition) is 2. The predicted octanol–water partition coefficient (Wildman–Crippen LogP) is 0.282.